The minimum atomic E-state index is 0.444. The molecular formula is C22H35Cl. The summed E-state index contributed by atoms with van der Waals surface area (Å²) in [4.78, 5) is 0. The van der Waals surface area contributed by atoms with Gasteiger partial charge < -0.3 is 0 Å². The Morgan fingerprint density at radius 2 is 1.65 bits per heavy atom. The molecule has 1 aliphatic rings. The summed E-state index contributed by atoms with van der Waals surface area (Å²) in [6, 6.07) is 8.77. The molecule has 0 N–H and O–H groups in total. The van der Waals surface area contributed by atoms with Gasteiger partial charge in [0.15, 0.2) is 0 Å². The minimum absolute atomic E-state index is 0.444. The van der Waals surface area contributed by atoms with Crippen LogP contribution in [-0.4, -0.2) is 0 Å². The maximum absolute atomic E-state index is 6.12. The van der Waals surface area contributed by atoms with E-state index in [2.05, 4.69) is 45.0 Å². The Kier molecular flexibility index (Phi) is 7.47. The fourth-order valence-electron chi connectivity index (χ4n) is 4.46. The molecular weight excluding hydrogens is 300 g/mol. The predicted molar refractivity (Wildman–Crippen MR) is 103 cm³/mol. The molecule has 0 aromatic heterocycles. The van der Waals surface area contributed by atoms with Crippen molar-refractivity contribution in [1.29, 1.82) is 0 Å². The van der Waals surface area contributed by atoms with Crippen LogP contribution in [0.1, 0.15) is 90.5 Å². The SMILES string of the molecule is CCCCCCCC(CC(C)C)C1(c2ccc(Cl)cc2)CCC1. The van der Waals surface area contributed by atoms with Crippen LogP contribution in [0.25, 0.3) is 0 Å². The van der Waals surface area contributed by atoms with Crippen LogP contribution in [0.4, 0.5) is 0 Å². The Hall–Kier alpha value is -0.490. The first-order valence-electron chi connectivity index (χ1n) is 9.84. The molecule has 23 heavy (non-hydrogen) atoms. The second-order valence-electron chi connectivity index (χ2n) is 8.05. The lowest BCUT2D eigenvalue weighted by Crippen LogP contribution is -2.42. The van der Waals surface area contributed by atoms with Gasteiger partial charge in [-0.15, -0.1) is 0 Å². The summed E-state index contributed by atoms with van der Waals surface area (Å²) in [6.45, 7) is 7.07. The van der Waals surface area contributed by atoms with Gasteiger partial charge in [0.1, 0.15) is 0 Å². The Balaban J connectivity index is 2.06. The van der Waals surface area contributed by atoms with Crippen LogP contribution in [0.5, 0.6) is 0 Å². The number of hydrogen-bond donors (Lipinski definition) is 0. The van der Waals surface area contributed by atoms with Crippen LogP contribution >= 0.6 is 11.6 Å². The van der Waals surface area contributed by atoms with Crippen LogP contribution in [0, 0.1) is 11.8 Å². The second-order valence-corrected chi connectivity index (χ2v) is 8.48. The summed E-state index contributed by atoms with van der Waals surface area (Å²) in [7, 11) is 0. The monoisotopic (exact) mass is 334 g/mol. The lowest BCUT2D eigenvalue weighted by molar-refractivity contribution is 0.115. The molecule has 1 atom stereocenters. The zero-order valence-electron chi connectivity index (χ0n) is 15.4. The van der Waals surface area contributed by atoms with Gasteiger partial charge in [0.2, 0.25) is 0 Å². The number of halogens is 1. The van der Waals surface area contributed by atoms with Gasteiger partial charge in [-0.3, -0.25) is 0 Å². The molecule has 1 saturated carbocycles. The lowest BCUT2D eigenvalue weighted by atomic mass is 9.55. The molecule has 1 aliphatic carbocycles. The summed E-state index contributed by atoms with van der Waals surface area (Å²) in [5, 5.41) is 0.864. The molecule has 1 fully saturated rings. The number of benzene rings is 1. The molecule has 1 heteroatoms. The van der Waals surface area contributed by atoms with Crippen molar-refractivity contribution in [2.24, 2.45) is 11.8 Å². The van der Waals surface area contributed by atoms with E-state index in [0.29, 0.717) is 5.41 Å². The molecule has 1 aromatic carbocycles. The van der Waals surface area contributed by atoms with E-state index in [4.69, 9.17) is 11.6 Å². The highest BCUT2D eigenvalue weighted by Gasteiger charge is 2.44. The first kappa shape index (κ1) is 18.8. The van der Waals surface area contributed by atoms with Gasteiger partial charge in [0, 0.05) is 5.02 Å². The van der Waals surface area contributed by atoms with E-state index < -0.39 is 0 Å². The molecule has 1 unspecified atom stereocenters. The highest BCUT2D eigenvalue weighted by atomic mass is 35.5. The van der Waals surface area contributed by atoms with E-state index >= 15 is 0 Å². The molecule has 0 saturated heterocycles. The van der Waals surface area contributed by atoms with Gasteiger partial charge in [-0.05, 0) is 60.6 Å². The molecule has 0 nitrogen and oxygen atoms in total. The van der Waals surface area contributed by atoms with E-state index in [9.17, 15) is 0 Å². The molecule has 0 radical (unpaired) electrons. The van der Waals surface area contributed by atoms with E-state index in [1.807, 2.05) is 0 Å². The smallest absolute Gasteiger partial charge is 0.0406 e. The van der Waals surface area contributed by atoms with Crippen LogP contribution < -0.4 is 0 Å². The van der Waals surface area contributed by atoms with E-state index in [-0.39, 0.29) is 0 Å². The van der Waals surface area contributed by atoms with Crippen molar-refractivity contribution >= 4 is 11.6 Å². The Bertz CT molecular complexity index is 442. The molecule has 2 rings (SSSR count). The summed E-state index contributed by atoms with van der Waals surface area (Å²) in [5.74, 6) is 1.64. The molecule has 0 heterocycles. The second kappa shape index (κ2) is 9.11. The van der Waals surface area contributed by atoms with Crippen molar-refractivity contribution < 1.29 is 0 Å². The average molecular weight is 335 g/mol. The lowest BCUT2D eigenvalue weighted by Gasteiger charge is -2.49. The summed E-state index contributed by atoms with van der Waals surface area (Å²) in [6.07, 6.45) is 13.9. The molecule has 0 amide bonds. The normalized spacial score (nSPS) is 18.0. The summed E-state index contributed by atoms with van der Waals surface area (Å²) < 4.78 is 0. The topological polar surface area (TPSA) is 0 Å². The van der Waals surface area contributed by atoms with Crippen molar-refractivity contribution in [3.05, 3.63) is 34.9 Å². The molecule has 0 spiro atoms. The van der Waals surface area contributed by atoms with Crippen LogP contribution in [0.2, 0.25) is 5.02 Å². The van der Waals surface area contributed by atoms with Crippen molar-refractivity contribution in [3.8, 4) is 0 Å². The first-order valence-corrected chi connectivity index (χ1v) is 10.2. The van der Waals surface area contributed by atoms with Gasteiger partial charge in [-0.2, -0.15) is 0 Å². The van der Waals surface area contributed by atoms with E-state index in [0.717, 1.165) is 16.9 Å². The number of rotatable bonds is 10. The van der Waals surface area contributed by atoms with Gasteiger partial charge in [-0.1, -0.05) is 83.0 Å². The third kappa shape index (κ3) is 4.99. The summed E-state index contributed by atoms with van der Waals surface area (Å²) in [5.41, 5.74) is 1.99. The van der Waals surface area contributed by atoms with Crippen molar-refractivity contribution in [2.45, 2.75) is 90.4 Å². The van der Waals surface area contributed by atoms with Crippen LogP contribution in [0.3, 0.4) is 0 Å². The zero-order chi connectivity index (χ0) is 16.7. The first-order chi connectivity index (χ1) is 11.1. The molecule has 130 valence electrons. The number of hydrogen-bond acceptors (Lipinski definition) is 0. The van der Waals surface area contributed by atoms with Gasteiger partial charge >= 0.3 is 0 Å². The predicted octanol–water partition coefficient (Wildman–Crippen LogP) is 7.78. The number of unbranched alkanes of at least 4 members (excludes halogenated alkanes) is 4. The van der Waals surface area contributed by atoms with Crippen LogP contribution in [0.15, 0.2) is 24.3 Å². The maximum atomic E-state index is 6.12. The van der Waals surface area contributed by atoms with Crippen LogP contribution in [-0.2, 0) is 5.41 Å². The maximum Gasteiger partial charge on any atom is 0.0406 e. The average Bonchev–Trinajstić information content (AvgIpc) is 2.47. The molecule has 1 aromatic rings. The van der Waals surface area contributed by atoms with Gasteiger partial charge in [-0.25, -0.2) is 0 Å². The Labute approximate surface area is 149 Å². The highest BCUT2D eigenvalue weighted by molar-refractivity contribution is 6.30. The van der Waals surface area contributed by atoms with Gasteiger partial charge in [0.25, 0.3) is 0 Å². The third-order valence-electron chi connectivity index (χ3n) is 5.86. The van der Waals surface area contributed by atoms with Gasteiger partial charge in [0.05, 0.1) is 0 Å². The Morgan fingerprint density at radius 3 is 2.17 bits per heavy atom. The third-order valence-corrected chi connectivity index (χ3v) is 6.11. The standard InChI is InChI=1S/C22H35Cl/c1-4-5-6-7-8-10-20(17-18(2)3)22(15-9-16-22)19-11-13-21(23)14-12-19/h11-14,18,20H,4-10,15-17H2,1-3H3. The van der Waals surface area contributed by atoms with Crippen molar-refractivity contribution in [2.75, 3.05) is 0 Å². The molecule has 0 bridgehead atoms. The highest BCUT2D eigenvalue weighted by Crippen LogP contribution is 2.53. The minimum Gasteiger partial charge on any atom is -0.0843 e. The fraction of sp³-hybridized carbons (Fsp3) is 0.727. The summed E-state index contributed by atoms with van der Waals surface area (Å²) >= 11 is 6.12. The molecule has 0 aliphatic heterocycles. The van der Waals surface area contributed by atoms with Crippen molar-refractivity contribution in [1.82, 2.24) is 0 Å². The van der Waals surface area contributed by atoms with Crippen molar-refractivity contribution in [3.63, 3.8) is 0 Å². The van der Waals surface area contributed by atoms with E-state index in [1.165, 1.54) is 64.2 Å². The van der Waals surface area contributed by atoms with E-state index in [1.54, 1.807) is 5.56 Å². The zero-order valence-corrected chi connectivity index (χ0v) is 16.2. The Morgan fingerprint density at radius 1 is 1.00 bits per heavy atom. The fourth-order valence-corrected chi connectivity index (χ4v) is 4.58. The quantitative estimate of drug-likeness (QED) is 0.383. The largest absolute Gasteiger partial charge is 0.0843 e.